The van der Waals surface area contributed by atoms with Gasteiger partial charge in [0, 0.05) is 11.8 Å². The average Bonchev–Trinajstić information content (AvgIpc) is 3.23. The normalized spacial score (nSPS) is 15.3. The summed E-state index contributed by atoms with van der Waals surface area (Å²) >= 11 is 0. The van der Waals surface area contributed by atoms with Crippen LogP contribution in [0.1, 0.15) is 13.8 Å². The number of nitrogens with one attached hydrogen (secondary N) is 2. The molecule has 1 amide bonds. The maximum Gasteiger partial charge on any atom is 0.269 e. The number of aromatic nitrogens is 2. The summed E-state index contributed by atoms with van der Waals surface area (Å²) in [5.74, 6) is 1.49. The largest absolute Gasteiger partial charge is 0.489 e. The number of nitrogens with zero attached hydrogens (tertiary/aromatic N) is 1. The lowest BCUT2D eigenvalue weighted by atomic mass is 10.1. The SMILES string of the molecule is CC(C)Oc1cc(-c2cn[nH]c2)ccc1NC(=O)C1COc2ccccc2O1. The molecule has 0 spiro atoms. The fraction of sp³-hybridized carbons (Fsp3) is 0.238. The first-order valence-electron chi connectivity index (χ1n) is 9.09. The number of benzene rings is 2. The van der Waals surface area contributed by atoms with Gasteiger partial charge in [-0.3, -0.25) is 9.89 Å². The van der Waals surface area contributed by atoms with Gasteiger partial charge >= 0.3 is 0 Å². The van der Waals surface area contributed by atoms with E-state index in [2.05, 4.69) is 15.5 Å². The van der Waals surface area contributed by atoms with Gasteiger partial charge in [-0.1, -0.05) is 18.2 Å². The molecular weight excluding hydrogens is 358 g/mol. The number of hydrogen-bond acceptors (Lipinski definition) is 5. The lowest BCUT2D eigenvalue weighted by molar-refractivity contribution is -0.125. The Balaban J connectivity index is 1.54. The van der Waals surface area contributed by atoms with Gasteiger partial charge in [0.05, 0.1) is 18.0 Å². The number of para-hydroxylation sites is 2. The Bertz CT molecular complexity index is 970. The number of anilines is 1. The van der Waals surface area contributed by atoms with Crippen molar-refractivity contribution < 1.29 is 19.0 Å². The van der Waals surface area contributed by atoms with Crippen LogP contribution in [0.15, 0.2) is 54.9 Å². The van der Waals surface area contributed by atoms with Gasteiger partial charge in [-0.05, 0) is 43.7 Å². The molecular formula is C21H21N3O4. The van der Waals surface area contributed by atoms with E-state index in [0.717, 1.165) is 11.1 Å². The van der Waals surface area contributed by atoms with Gasteiger partial charge in [0.2, 0.25) is 6.10 Å². The highest BCUT2D eigenvalue weighted by molar-refractivity contribution is 5.96. The molecule has 4 rings (SSSR count). The second-order valence-electron chi connectivity index (χ2n) is 6.72. The maximum atomic E-state index is 12.7. The van der Waals surface area contributed by atoms with Crippen LogP contribution in [0.3, 0.4) is 0 Å². The molecule has 0 saturated heterocycles. The van der Waals surface area contributed by atoms with Crippen molar-refractivity contribution in [3.05, 3.63) is 54.9 Å². The molecule has 1 aliphatic rings. The number of fused-ring (bicyclic) bond motifs is 1. The van der Waals surface area contributed by atoms with Crippen molar-refractivity contribution in [2.45, 2.75) is 26.1 Å². The van der Waals surface area contributed by atoms with E-state index >= 15 is 0 Å². The Morgan fingerprint density at radius 3 is 2.79 bits per heavy atom. The van der Waals surface area contributed by atoms with E-state index in [4.69, 9.17) is 14.2 Å². The molecule has 2 heterocycles. The summed E-state index contributed by atoms with van der Waals surface area (Å²) in [6, 6.07) is 12.9. The third-order valence-corrected chi connectivity index (χ3v) is 4.23. The zero-order chi connectivity index (χ0) is 19.5. The van der Waals surface area contributed by atoms with E-state index in [0.29, 0.717) is 22.9 Å². The number of carbonyl (C=O) groups is 1. The molecule has 0 saturated carbocycles. The number of amides is 1. The summed E-state index contributed by atoms with van der Waals surface area (Å²) in [6.45, 7) is 4.02. The number of carbonyl (C=O) groups excluding carboxylic acids is 1. The summed E-state index contributed by atoms with van der Waals surface area (Å²) in [4.78, 5) is 12.7. The van der Waals surface area contributed by atoms with E-state index in [1.807, 2.05) is 50.2 Å². The van der Waals surface area contributed by atoms with Crippen molar-refractivity contribution >= 4 is 11.6 Å². The third kappa shape index (κ3) is 3.78. The summed E-state index contributed by atoms with van der Waals surface area (Å²) in [6.07, 6.45) is 2.75. The summed E-state index contributed by atoms with van der Waals surface area (Å²) < 4.78 is 17.3. The van der Waals surface area contributed by atoms with Crippen LogP contribution in [0.2, 0.25) is 0 Å². The molecule has 0 aliphatic carbocycles. The van der Waals surface area contributed by atoms with Gasteiger partial charge in [0.1, 0.15) is 12.4 Å². The molecule has 0 radical (unpaired) electrons. The Morgan fingerprint density at radius 2 is 2.04 bits per heavy atom. The lowest BCUT2D eigenvalue weighted by Crippen LogP contribution is -2.40. The zero-order valence-corrected chi connectivity index (χ0v) is 15.6. The molecule has 2 N–H and O–H groups in total. The molecule has 0 bridgehead atoms. The molecule has 2 aromatic carbocycles. The van der Waals surface area contributed by atoms with E-state index in [1.54, 1.807) is 18.5 Å². The molecule has 1 aliphatic heterocycles. The van der Waals surface area contributed by atoms with E-state index < -0.39 is 6.10 Å². The summed E-state index contributed by atoms with van der Waals surface area (Å²) in [5, 5.41) is 9.67. The van der Waals surface area contributed by atoms with Gasteiger partial charge in [-0.15, -0.1) is 0 Å². The van der Waals surface area contributed by atoms with Crippen LogP contribution in [0, 0.1) is 0 Å². The van der Waals surface area contributed by atoms with Crippen LogP contribution >= 0.6 is 0 Å². The number of ether oxygens (including phenoxy) is 3. The van der Waals surface area contributed by atoms with Gasteiger partial charge < -0.3 is 19.5 Å². The highest BCUT2D eigenvalue weighted by Gasteiger charge is 2.28. The second-order valence-corrected chi connectivity index (χ2v) is 6.72. The van der Waals surface area contributed by atoms with Crippen molar-refractivity contribution in [2.75, 3.05) is 11.9 Å². The molecule has 1 unspecified atom stereocenters. The lowest BCUT2D eigenvalue weighted by Gasteiger charge is -2.26. The fourth-order valence-electron chi connectivity index (χ4n) is 2.93. The van der Waals surface area contributed by atoms with Gasteiger partial charge in [0.15, 0.2) is 11.5 Å². The quantitative estimate of drug-likeness (QED) is 0.707. The predicted molar refractivity (Wildman–Crippen MR) is 105 cm³/mol. The monoisotopic (exact) mass is 379 g/mol. The molecule has 0 fully saturated rings. The van der Waals surface area contributed by atoms with Crippen molar-refractivity contribution in [1.82, 2.24) is 10.2 Å². The topological polar surface area (TPSA) is 85.5 Å². The highest BCUT2D eigenvalue weighted by atomic mass is 16.6. The Morgan fingerprint density at radius 1 is 1.21 bits per heavy atom. The van der Waals surface area contributed by atoms with Crippen LogP contribution in [0.5, 0.6) is 17.2 Å². The van der Waals surface area contributed by atoms with Gasteiger partial charge in [0.25, 0.3) is 5.91 Å². The van der Waals surface area contributed by atoms with Crippen molar-refractivity contribution in [1.29, 1.82) is 0 Å². The third-order valence-electron chi connectivity index (χ3n) is 4.23. The van der Waals surface area contributed by atoms with Crippen LogP contribution in [-0.2, 0) is 4.79 Å². The van der Waals surface area contributed by atoms with Crippen LogP contribution in [0.25, 0.3) is 11.1 Å². The second kappa shape index (κ2) is 7.64. The van der Waals surface area contributed by atoms with Gasteiger partial charge in [-0.2, -0.15) is 5.10 Å². The highest BCUT2D eigenvalue weighted by Crippen LogP contribution is 2.33. The minimum atomic E-state index is -0.740. The molecule has 1 aromatic heterocycles. The number of rotatable bonds is 5. The first-order valence-corrected chi connectivity index (χ1v) is 9.09. The molecule has 7 nitrogen and oxygen atoms in total. The molecule has 3 aromatic rings. The Hall–Kier alpha value is -3.48. The first kappa shape index (κ1) is 17.9. The Kier molecular flexibility index (Phi) is 4.89. The minimum absolute atomic E-state index is 0.0450. The number of hydrogen-bond donors (Lipinski definition) is 2. The number of aromatic amines is 1. The maximum absolute atomic E-state index is 12.7. The van der Waals surface area contributed by atoms with Crippen molar-refractivity contribution in [3.8, 4) is 28.4 Å². The fourth-order valence-corrected chi connectivity index (χ4v) is 2.93. The molecule has 1 atom stereocenters. The minimum Gasteiger partial charge on any atom is -0.489 e. The zero-order valence-electron chi connectivity index (χ0n) is 15.6. The molecule has 28 heavy (non-hydrogen) atoms. The first-order chi connectivity index (χ1) is 13.6. The standard InChI is InChI=1S/C21H21N3O4/c1-13(2)27-19-9-14(15-10-22-23-11-15)7-8-16(19)24-21(25)20-12-26-17-5-3-4-6-18(17)28-20/h3-11,13,20H,12H2,1-2H3,(H,22,23)(H,24,25). The smallest absolute Gasteiger partial charge is 0.269 e. The van der Waals surface area contributed by atoms with E-state index in [1.165, 1.54) is 0 Å². The van der Waals surface area contributed by atoms with Crippen molar-refractivity contribution in [3.63, 3.8) is 0 Å². The van der Waals surface area contributed by atoms with Gasteiger partial charge in [-0.25, -0.2) is 0 Å². The molecule has 144 valence electrons. The summed E-state index contributed by atoms with van der Waals surface area (Å²) in [5.41, 5.74) is 2.45. The van der Waals surface area contributed by atoms with Crippen LogP contribution < -0.4 is 19.5 Å². The number of H-pyrrole nitrogens is 1. The van der Waals surface area contributed by atoms with E-state index in [9.17, 15) is 4.79 Å². The average molecular weight is 379 g/mol. The van der Waals surface area contributed by atoms with Crippen LogP contribution in [-0.4, -0.2) is 34.9 Å². The molecule has 7 heteroatoms. The van der Waals surface area contributed by atoms with Crippen LogP contribution in [0.4, 0.5) is 5.69 Å². The predicted octanol–water partition coefficient (Wildman–Crippen LogP) is 3.64. The van der Waals surface area contributed by atoms with Crippen molar-refractivity contribution in [2.24, 2.45) is 0 Å². The van der Waals surface area contributed by atoms with E-state index in [-0.39, 0.29) is 18.6 Å². The summed E-state index contributed by atoms with van der Waals surface area (Å²) in [7, 11) is 0. The Labute approximate surface area is 162 Å².